The second-order valence-electron chi connectivity index (χ2n) is 5.19. The molecule has 25 heavy (non-hydrogen) atoms. The van der Waals surface area contributed by atoms with Gasteiger partial charge in [-0.2, -0.15) is 8.42 Å². The minimum Gasteiger partial charge on any atom is -0.424 e. The number of aryl methyl sites for hydroxylation is 2. The van der Waals surface area contributed by atoms with Crippen molar-refractivity contribution >= 4 is 15.7 Å². The Labute approximate surface area is 145 Å². The van der Waals surface area contributed by atoms with E-state index in [0.717, 1.165) is 0 Å². The van der Waals surface area contributed by atoms with Crippen LogP contribution in [0.5, 0.6) is 11.8 Å². The number of benzene rings is 1. The van der Waals surface area contributed by atoms with E-state index in [-0.39, 0.29) is 16.7 Å². The Morgan fingerprint density at radius 3 is 2.44 bits per heavy atom. The average Bonchev–Trinajstić information content (AvgIpc) is 2.99. The van der Waals surface area contributed by atoms with Gasteiger partial charge in [0.1, 0.15) is 11.6 Å². The zero-order valence-electron chi connectivity index (χ0n) is 13.7. The largest absolute Gasteiger partial charge is 0.424 e. The first-order valence-electron chi connectivity index (χ1n) is 7.59. The third-order valence-electron chi connectivity index (χ3n) is 3.40. The highest BCUT2D eigenvalue weighted by Crippen LogP contribution is 2.19. The van der Waals surface area contributed by atoms with Gasteiger partial charge in [0.2, 0.25) is 0 Å². The Balaban J connectivity index is 1.74. The molecule has 8 nitrogen and oxygen atoms in total. The highest BCUT2D eigenvalue weighted by molar-refractivity contribution is 7.92. The number of rotatable bonds is 6. The molecule has 0 amide bonds. The van der Waals surface area contributed by atoms with Crippen LogP contribution in [0.2, 0.25) is 0 Å². The molecule has 3 rings (SSSR count). The lowest BCUT2D eigenvalue weighted by molar-refractivity contribution is 0.442. The molecule has 0 saturated carbocycles. The van der Waals surface area contributed by atoms with Gasteiger partial charge in [0.25, 0.3) is 10.0 Å². The van der Waals surface area contributed by atoms with Gasteiger partial charge in [-0.25, -0.2) is 15.0 Å². The Hall–Kier alpha value is -2.94. The summed E-state index contributed by atoms with van der Waals surface area (Å²) >= 11 is 0. The fourth-order valence-corrected chi connectivity index (χ4v) is 3.19. The van der Waals surface area contributed by atoms with Crippen molar-refractivity contribution in [2.75, 3.05) is 4.72 Å². The monoisotopic (exact) mass is 359 g/mol. The standard InChI is InChI=1S/C16H17N5O3S/c1-3-21-11-15(19-12(21)2)25(22,23)20-13-9-17-16(18-10-13)24-14-7-5-4-6-8-14/h4-11,20H,3H2,1-2H3. The van der Waals surface area contributed by atoms with Crippen molar-refractivity contribution in [3.8, 4) is 11.8 Å². The Bertz CT molecular complexity index is 953. The number of sulfonamides is 1. The summed E-state index contributed by atoms with van der Waals surface area (Å²) in [6.45, 7) is 4.31. The predicted molar refractivity (Wildman–Crippen MR) is 92.0 cm³/mol. The van der Waals surface area contributed by atoms with Crippen molar-refractivity contribution in [3.05, 3.63) is 54.7 Å². The van der Waals surface area contributed by atoms with Crippen molar-refractivity contribution in [3.63, 3.8) is 0 Å². The molecule has 0 saturated heterocycles. The number of anilines is 1. The summed E-state index contributed by atoms with van der Waals surface area (Å²) in [6, 6.07) is 9.19. The molecule has 0 atom stereocenters. The number of nitrogens with zero attached hydrogens (tertiary/aromatic N) is 4. The lowest BCUT2D eigenvalue weighted by Gasteiger charge is -2.06. The summed E-state index contributed by atoms with van der Waals surface area (Å²) in [5, 5.41) is -0.0449. The third kappa shape index (κ3) is 3.94. The molecule has 0 bridgehead atoms. The molecule has 0 aliphatic carbocycles. The third-order valence-corrected chi connectivity index (χ3v) is 4.65. The van der Waals surface area contributed by atoms with Crippen LogP contribution in [-0.2, 0) is 16.6 Å². The number of hydrogen-bond donors (Lipinski definition) is 1. The number of ether oxygens (including phenoxy) is 1. The number of hydrogen-bond acceptors (Lipinski definition) is 6. The zero-order chi connectivity index (χ0) is 17.9. The van der Waals surface area contributed by atoms with Crippen molar-refractivity contribution in [2.45, 2.75) is 25.4 Å². The maximum Gasteiger partial charge on any atom is 0.322 e. The molecule has 0 spiro atoms. The van der Waals surface area contributed by atoms with Gasteiger partial charge in [-0.1, -0.05) is 18.2 Å². The fraction of sp³-hybridized carbons (Fsp3) is 0.188. The number of imidazole rings is 1. The van der Waals surface area contributed by atoms with E-state index in [1.54, 1.807) is 23.6 Å². The molecule has 2 aromatic heterocycles. The van der Waals surface area contributed by atoms with E-state index in [4.69, 9.17) is 4.74 Å². The van der Waals surface area contributed by atoms with Crippen LogP contribution in [0.15, 0.2) is 53.9 Å². The van der Waals surface area contributed by atoms with Gasteiger partial charge >= 0.3 is 6.01 Å². The summed E-state index contributed by atoms with van der Waals surface area (Å²) < 4.78 is 34.4. The lowest BCUT2D eigenvalue weighted by atomic mass is 10.3. The second-order valence-corrected chi connectivity index (χ2v) is 6.82. The Morgan fingerprint density at radius 1 is 1.16 bits per heavy atom. The quantitative estimate of drug-likeness (QED) is 0.726. The van der Waals surface area contributed by atoms with Gasteiger partial charge in [0, 0.05) is 12.7 Å². The van der Waals surface area contributed by atoms with Crippen LogP contribution in [0.1, 0.15) is 12.7 Å². The van der Waals surface area contributed by atoms with Gasteiger partial charge in [-0.15, -0.1) is 0 Å². The highest BCUT2D eigenvalue weighted by Gasteiger charge is 2.19. The molecule has 130 valence electrons. The van der Waals surface area contributed by atoms with Crippen LogP contribution < -0.4 is 9.46 Å². The molecule has 3 aromatic rings. The Morgan fingerprint density at radius 2 is 1.84 bits per heavy atom. The molecule has 0 radical (unpaired) electrons. The van der Waals surface area contributed by atoms with Crippen molar-refractivity contribution < 1.29 is 13.2 Å². The van der Waals surface area contributed by atoms with Gasteiger partial charge in [0.15, 0.2) is 5.03 Å². The summed E-state index contributed by atoms with van der Waals surface area (Å²) in [5.74, 6) is 1.22. The summed E-state index contributed by atoms with van der Waals surface area (Å²) in [5.41, 5.74) is 0.226. The topological polar surface area (TPSA) is 99.0 Å². The highest BCUT2D eigenvalue weighted by atomic mass is 32.2. The van der Waals surface area contributed by atoms with E-state index < -0.39 is 10.0 Å². The molecule has 0 aliphatic rings. The van der Waals surface area contributed by atoms with E-state index in [9.17, 15) is 8.42 Å². The van der Waals surface area contributed by atoms with Crippen LogP contribution in [0.25, 0.3) is 0 Å². The first kappa shape index (κ1) is 16.9. The van der Waals surface area contributed by atoms with E-state index in [2.05, 4.69) is 19.7 Å². The molecule has 1 aromatic carbocycles. The first-order chi connectivity index (χ1) is 12.0. The number of nitrogens with one attached hydrogen (secondary N) is 1. The number of para-hydroxylation sites is 1. The maximum atomic E-state index is 12.4. The van der Waals surface area contributed by atoms with E-state index in [0.29, 0.717) is 18.1 Å². The average molecular weight is 359 g/mol. The van der Waals surface area contributed by atoms with Crippen LogP contribution in [0, 0.1) is 6.92 Å². The molecule has 1 N–H and O–H groups in total. The SMILES string of the molecule is CCn1cc(S(=O)(=O)Nc2cnc(Oc3ccccc3)nc2)nc1C. The molecule has 2 heterocycles. The minimum absolute atomic E-state index is 0.0449. The van der Waals surface area contributed by atoms with Gasteiger partial charge in [0.05, 0.1) is 18.1 Å². The molecule has 9 heteroatoms. The van der Waals surface area contributed by atoms with Crippen molar-refractivity contribution in [2.24, 2.45) is 0 Å². The second kappa shape index (κ2) is 6.89. The molecule has 0 unspecified atom stereocenters. The van der Waals surface area contributed by atoms with Crippen molar-refractivity contribution in [1.29, 1.82) is 0 Å². The van der Waals surface area contributed by atoms with Gasteiger partial charge < -0.3 is 9.30 Å². The summed E-state index contributed by atoms with van der Waals surface area (Å²) in [4.78, 5) is 12.1. The molecule has 0 aliphatic heterocycles. The van der Waals surface area contributed by atoms with Crippen LogP contribution in [0.3, 0.4) is 0 Å². The molecule has 0 fully saturated rings. The summed E-state index contributed by atoms with van der Waals surface area (Å²) in [6.07, 6.45) is 4.17. The van der Waals surface area contributed by atoms with Gasteiger partial charge in [-0.05, 0) is 26.0 Å². The predicted octanol–water partition coefficient (Wildman–Crippen LogP) is 2.59. The van der Waals surface area contributed by atoms with Crippen LogP contribution in [-0.4, -0.2) is 27.9 Å². The van der Waals surface area contributed by atoms with E-state index in [1.807, 2.05) is 25.1 Å². The maximum absolute atomic E-state index is 12.4. The summed E-state index contributed by atoms with van der Waals surface area (Å²) in [7, 11) is -3.80. The molecular formula is C16H17N5O3S. The van der Waals surface area contributed by atoms with E-state index in [1.165, 1.54) is 18.6 Å². The smallest absolute Gasteiger partial charge is 0.322 e. The Kier molecular flexibility index (Phi) is 4.66. The van der Waals surface area contributed by atoms with E-state index >= 15 is 0 Å². The zero-order valence-corrected chi connectivity index (χ0v) is 14.6. The first-order valence-corrected chi connectivity index (χ1v) is 9.08. The number of aromatic nitrogens is 4. The minimum atomic E-state index is -3.80. The normalized spacial score (nSPS) is 11.3. The van der Waals surface area contributed by atoms with Crippen molar-refractivity contribution in [1.82, 2.24) is 19.5 Å². The molecular weight excluding hydrogens is 342 g/mol. The van der Waals surface area contributed by atoms with Gasteiger partial charge in [-0.3, -0.25) is 4.72 Å². The lowest BCUT2D eigenvalue weighted by Crippen LogP contribution is -2.14. The van der Waals surface area contributed by atoms with Crippen LogP contribution in [0.4, 0.5) is 5.69 Å². The fourth-order valence-electron chi connectivity index (χ4n) is 2.15. The van der Waals surface area contributed by atoms with Crippen LogP contribution >= 0.6 is 0 Å².